The van der Waals surface area contributed by atoms with Crippen molar-refractivity contribution < 1.29 is 9.47 Å². The minimum Gasteiger partial charge on any atom is -0.345 e. The molecule has 1 heterocycles. The fourth-order valence-electron chi connectivity index (χ4n) is 1.86. The van der Waals surface area contributed by atoms with Crippen molar-refractivity contribution in [2.75, 3.05) is 13.2 Å². The van der Waals surface area contributed by atoms with Gasteiger partial charge in [-0.25, -0.2) is 5.84 Å². The molecule has 1 atom stereocenters. The Morgan fingerprint density at radius 3 is 2.62 bits per heavy atom. The standard InChI is InChI=1S/C8H13BrN2O2/c9-3-4-11(10)7-1-2-8(7)12-5-6-13-8/h3-4,7H,1-2,5-6,10H2/b4-3+. The van der Waals surface area contributed by atoms with Crippen LogP contribution < -0.4 is 5.84 Å². The maximum Gasteiger partial charge on any atom is 0.190 e. The summed E-state index contributed by atoms with van der Waals surface area (Å²) in [5.41, 5.74) is 0. The van der Waals surface area contributed by atoms with Crippen LogP contribution in [-0.2, 0) is 9.47 Å². The molecule has 0 aromatic carbocycles. The number of nitrogens with zero attached hydrogens (tertiary/aromatic N) is 1. The largest absolute Gasteiger partial charge is 0.345 e. The van der Waals surface area contributed by atoms with Gasteiger partial charge < -0.3 is 14.5 Å². The number of nitrogens with two attached hydrogens (primary N) is 1. The van der Waals surface area contributed by atoms with Gasteiger partial charge in [0.15, 0.2) is 5.79 Å². The molecule has 2 fully saturated rings. The van der Waals surface area contributed by atoms with Crippen LogP contribution >= 0.6 is 15.9 Å². The summed E-state index contributed by atoms with van der Waals surface area (Å²) in [5.74, 6) is 5.39. The normalized spacial score (nSPS) is 31.1. The molecule has 0 aromatic heterocycles. The Labute approximate surface area is 85.8 Å². The Morgan fingerprint density at radius 1 is 1.46 bits per heavy atom. The number of rotatable bonds is 2. The zero-order chi connectivity index (χ0) is 9.31. The van der Waals surface area contributed by atoms with Crippen molar-refractivity contribution in [3.05, 3.63) is 11.2 Å². The van der Waals surface area contributed by atoms with Crippen molar-refractivity contribution in [3.63, 3.8) is 0 Å². The van der Waals surface area contributed by atoms with Gasteiger partial charge in [-0.05, 0) is 11.4 Å². The molecule has 4 nitrogen and oxygen atoms in total. The molecule has 2 N–H and O–H groups in total. The summed E-state index contributed by atoms with van der Waals surface area (Å²) in [4.78, 5) is 1.73. The first-order valence-corrected chi connectivity index (χ1v) is 5.28. The molecule has 1 unspecified atom stereocenters. The summed E-state index contributed by atoms with van der Waals surface area (Å²) < 4.78 is 11.1. The summed E-state index contributed by atoms with van der Waals surface area (Å²) in [7, 11) is 0. The molecule has 1 saturated heterocycles. The van der Waals surface area contributed by atoms with Crippen LogP contribution in [0.4, 0.5) is 0 Å². The van der Waals surface area contributed by atoms with Crippen LogP contribution in [0.3, 0.4) is 0 Å². The van der Waals surface area contributed by atoms with Gasteiger partial charge in [0.2, 0.25) is 0 Å². The van der Waals surface area contributed by atoms with Gasteiger partial charge in [0.25, 0.3) is 0 Å². The maximum absolute atomic E-state index is 5.80. The molecule has 1 aliphatic heterocycles. The molecular weight excluding hydrogens is 236 g/mol. The molecule has 74 valence electrons. The lowest BCUT2D eigenvalue weighted by atomic mass is 9.84. The number of hydrogen-bond donors (Lipinski definition) is 1. The molecule has 2 aliphatic rings. The van der Waals surface area contributed by atoms with Gasteiger partial charge in [-0.2, -0.15) is 0 Å². The average molecular weight is 249 g/mol. The molecule has 2 rings (SSSR count). The van der Waals surface area contributed by atoms with E-state index in [1.807, 2.05) is 0 Å². The van der Waals surface area contributed by atoms with Gasteiger partial charge in [-0.1, -0.05) is 15.9 Å². The highest BCUT2D eigenvalue weighted by Crippen LogP contribution is 2.42. The van der Waals surface area contributed by atoms with Crippen molar-refractivity contribution in [2.24, 2.45) is 5.84 Å². The van der Waals surface area contributed by atoms with Gasteiger partial charge in [0, 0.05) is 12.6 Å². The monoisotopic (exact) mass is 248 g/mol. The van der Waals surface area contributed by atoms with Gasteiger partial charge in [-0.3, -0.25) is 0 Å². The van der Waals surface area contributed by atoms with Crippen LogP contribution in [0.25, 0.3) is 0 Å². The minimum atomic E-state index is -0.415. The molecule has 0 bridgehead atoms. The molecule has 1 aliphatic carbocycles. The van der Waals surface area contributed by atoms with Crippen LogP contribution in [0.5, 0.6) is 0 Å². The van der Waals surface area contributed by atoms with E-state index in [1.54, 1.807) is 16.2 Å². The van der Waals surface area contributed by atoms with E-state index in [9.17, 15) is 0 Å². The fourth-order valence-corrected chi connectivity index (χ4v) is 2.13. The van der Waals surface area contributed by atoms with Crippen molar-refractivity contribution in [1.82, 2.24) is 5.01 Å². The minimum absolute atomic E-state index is 0.156. The molecule has 1 saturated carbocycles. The Kier molecular flexibility index (Phi) is 2.60. The first kappa shape index (κ1) is 9.45. The lowest BCUT2D eigenvalue weighted by molar-refractivity contribution is -0.247. The van der Waals surface area contributed by atoms with Crippen molar-refractivity contribution in [1.29, 1.82) is 0 Å². The first-order chi connectivity index (χ1) is 6.28. The summed E-state index contributed by atoms with van der Waals surface area (Å²) >= 11 is 3.18. The molecular formula is C8H13BrN2O2. The second-order valence-electron chi connectivity index (χ2n) is 3.29. The Balaban J connectivity index is 2.00. The number of hydrogen-bond acceptors (Lipinski definition) is 4. The van der Waals surface area contributed by atoms with Crippen molar-refractivity contribution in [2.45, 2.75) is 24.7 Å². The summed E-state index contributed by atoms with van der Waals surface area (Å²) in [6, 6.07) is 0.156. The lowest BCUT2D eigenvalue weighted by Crippen LogP contribution is -2.61. The van der Waals surface area contributed by atoms with E-state index in [0.717, 1.165) is 12.8 Å². The van der Waals surface area contributed by atoms with E-state index in [-0.39, 0.29) is 6.04 Å². The first-order valence-electron chi connectivity index (χ1n) is 4.36. The number of hydrazine groups is 1. The summed E-state index contributed by atoms with van der Waals surface area (Å²) in [6.07, 6.45) is 3.74. The van der Waals surface area contributed by atoms with Crippen molar-refractivity contribution >= 4 is 15.9 Å². The number of ether oxygens (including phenoxy) is 2. The van der Waals surface area contributed by atoms with Crippen molar-refractivity contribution in [3.8, 4) is 0 Å². The Hall–Kier alpha value is -0.100. The maximum atomic E-state index is 5.80. The third-order valence-electron chi connectivity index (χ3n) is 2.64. The highest BCUT2D eigenvalue weighted by atomic mass is 79.9. The molecule has 0 aromatic rings. The summed E-state index contributed by atoms with van der Waals surface area (Å²) in [6.45, 7) is 1.37. The lowest BCUT2D eigenvalue weighted by Gasteiger charge is -2.47. The van der Waals surface area contributed by atoms with E-state index in [0.29, 0.717) is 13.2 Å². The van der Waals surface area contributed by atoms with Crippen LogP contribution in [0.2, 0.25) is 0 Å². The summed E-state index contributed by atoms with van der Waals surface area (Å²) in [5, 5.41) is 1.64. The third-order valence-corrected chi connectivity index (χ3v) is 2.87. The second-order valence-corrected chi connectivity index (χ2v) is 3.81. The quantitative estimate of drug-likeness (QED) is 0.584. The van der Waals surface area contributed by atoms with Gasteiger partial charge >= 0.3 is 0 Å². The predicted octanol–water partition coefficient (Wildman–Crippen LogP) is 0.934. The fraction of sp³-hybridized carbons (Fsp3) is 0.750. The van der Waals surface area contributed by atoms with Gasteiger partial charge in [-0.15, -0.1) is 0 Å². The van der Waals surface area contributed by atoms with Gasteiger partial charge in [0.05, 0.1) is 19.3 Å². The smallest absolute Gasteiger partial charge is 0.190 e. The Morgan fingerprint density at radius 2 is 2.15 bits per heavy atom. The SMILES string of the molecule is NN(/C=C/Br)C1CCC12OCCO2. The zero-order valence-electron chi connectivity index (χ0n) is 7.28. The zero-order valence-corrected chi connectivity index (χ0v) is 8.87. The van der Waals surface area contributed by atoms with E-state index < -0.39 is 5.79 Å². The highest BCUT2D eigenvalue weighted by Gasteiger charge is 2.53. The molecule has 5 heteroatoms. The van der Waals surface area contributed by atoms with Crippen LogP contribution in [-0.4, -0.2) is 30.1 Å². The van der Waals surface area contributed by atoms with Crippen LogP contribution in [0, 0.1) is 0 Å². The van der Waals surface area contributed by atoms with Crippen LogP contribution in [0.15, 0.2) is 11.2 Å². The highest BCUT2D eigenvalue weighted by molar-refractivity contribution is 9.11. The van der Waals surface area contributed by atoms with E-state index in [1.165, 1.54) is 0 Å². The van der Waals surface area contributed by atoms with E-state index in [2.05, 4.69) is 15.9 Å². The Bertz CT molecular complexity index is 216. The van der Waals surface area contributed by atoms with E-state index in [4.69, 9.17) is 15.3 Å². The van der Waals surface area contributed by atoms with Crippen LogP contribution in [0.1, 0.15) is 12.8 Å². The second kappa shape index (κ2) is 3.57. The molecule has 0 amide bonds. The van der Waals surface area contributed by atoms with Gasteiger partial charge in [0.1, 0.15) is 0 Å². The predicted molar refractivity (Wildman–Crippen MR) is 51.8 cm³/mol. The molecule has 1 spiro atoms. The average Bonchev–Trinajstić information content (AvgIpc) is 2.52. The topological polar surface area (TPSA) is 47.7 Å². The molecule has 0 radical (unpaired) electrons. The third kappa shape index (κ3) is 1.50. The van der Waals surface area contributed by atoms with E-state index >= 15 is 0 Å². The number of halogens is 1. The molecule has 13 heavy (non-hydrogen) atoms.